The first-order valence-electron chi connectivity index (χ1n) is 5.74. The Bertz CT molecular complexity index is 546. The third-order valence-corrected chi connectivity index (χ3v) is 4.31. The van der Waals surface area contributed by atoms with Gasteiger partial charge in [-0.15, -0.1) is 11.8 Å². The van der Waals surface area contributed by atoms with E-state index in [1.54, 1.807) is 4.68 Å². The van der Waals surface area contributed by atoms with Crippen LogP contribution in [0, 0.1) is 0 Å². The highest BCUT2D eigenvalue weighted by Crippen LogP contribution is 2.33. The molecule has 1 aromatic carbocycles. The maximum absolute atomic E-state index is 5.79. The molecule has 0 amide bonds. The van der Waals surface area contributed by atoms with Gasteiger partial charge in [-0.3, -0.25) is 4.68 Å². The predicted molar refractivity (Wildman–Crippen MR) is 81.7 cm³/mol. The summed E-state index contributed by atoms with van der Waals surface area (Å²) in [4.78, 5) is 1.28. The number of hydrogen-bond donors (Lipinski definition) is 1. The highest BCUT2D eigenvalue weighted by atomic mass is 79.9. The Balaban J connectivity index is 2.34. The van der Waals surface area contributed by atoms with Crippen molar-refractivity contribution in [1.82, 2.24) is 9.78 Å². The lowest BCUT2D eigenvalue weighted by Crippen LogP contribution is -1.94. The zero-order valence-electron chi connectivity index (χ0n) is 10.6. The minimum atomic E-state index is 0.521. The van der Waals surface area contributed by atoms with E-state index in [0.29, 0.717) is 11.1 Å². The van der Waals surface area contributed by atoms with E-state index in [0.717, 1.165) is 15.7 Å². The Kier molecular flexibility index (Phi) is 4.02. The van der Waals surface area contributed by atoms with Gasteiger partial charge in [0, 0.05) is 22.8 Å². The van der Waals surface area contributed by atoms with Gasteiger partial charge in [0.25, 0.3) is 0 Å². The average Bonchev–Trinajstić information content (AvgIpc) is 2.54. The predicted octanol–water partition coefficient (Wildman–Crippen LogP) is 3.93. The topological polar surface area (TPSA) is 43.8 Å². The van der Waals surface area contributed by atoms with Crippen molar-refractivity contribution < 1.29 is 0 Å². The standard InChI is InChI=1S/C13H16BrN3S/c1-8(2)18-10-6-4-9(5-7-10)12-11(14)13(15)16-17(12)3/h4-8H,1-3H3,(H2,15,16). The van der Waals surface area contributed by atoms with Crippen molar-refractivity contribution >= 4 is 33.5 Å². The lowest BCUT2D eigenvalue weighted by atomic mass is 10.1. The molecule has 0 atom stereocenters. The summed E-state index contributed by atoms with van der Waals surface area (Å²) < 4.78 is 2.65. The summed E-state index contributed by atoms with van der Waals surface area (Å²) in [6.07, 6.45) is 0. The van der Waals surface area contributed by atoms with E-state index in [1.807, 2.05) is 18.8 Å². The maximum Gasteiger partial charge on any atom is 0.160 e. The van der Waals surface area contributed by atoms with Crippen LogP contribution in [0.4, 0.5) is 5.82 Å². The fourth-order valence-electron chi connectivity index (χ4n) is 1.80. The van der Waals surface area contributed by atoms with Gasteiger partial charge in [0.1, 0.15) is 0 Å². The normalized spacial score (nSPS) is 11.2. The summed E-state index contributed by atoms with van der Waals surface area (Å²) in [5, 5.41) is 4.79. The number of nitrogens with two attached hydrogens (primary N) is 1. The molecule has 0 unspecified atom stereocenters. The number of halogens is 1. The van der Waals surface area contributed by atoms with Gasteiger partial charge in [0.05, 0.1) is 10.2 Å². The second kappa shape index (κ2) is 5.36. The van der Waals surface area contributed by atoms with Gasteiger partial charge in [-0.1, -0.05) is 26.0 Å². The van der Waals surface area contributed by atoms with Crippen LogP contribution in [0.25, 0.3) is 11.3 Å². The van der Waals surface area contributed by atoms with Crippen molar-refractivity contribution in [3.05, 3.63) is 28.7 Å². The van der Waals surface area contributed by atoms with Crippen molar-refractivity contribution in [2.45, 2.75) is 24.0 Å². The van der Waals surface area contributed by atoms with E-state index in [4.69, 9.17) is 5.73 Å². The Morgan fingerprint density at radius 3 is 2.33 bits per heavy atom. The van der Waals surface area contributed by atoms with Gasteiger partial charge in [-0.25, -0.2) is 0 Å². The van der Waals surface area contributed by atoms with Crippen LogP contribution in [0.5, 0.6) is 0 Å². The number of anilines is 1. The van der Waals surface area contributed by atoms with Crippen LogP contribution in [0.15, 0.2) is 33.6 Å². The number of nitrogen functional groups attached to an aromatic ring is 1. The third-order valence-electron chi connectivity index (χ3n) is 2.51. The third kappa shape index (κ3) is 2.72. The quantitative estimate of drug-likeness (QED) is 0.869. The monoisotopic (exact) mass is 325 g/mol. The van der Waals surface area contributed by atoms with Crippen molar-refractivity contribution in [3.63, 3.8) is 0 Å². The number of rotatable bonds is 3. The molecule has 0 radical (unpaired) electrons. The number of hydrogen-bond acceptors (Lipinski definition) is 3. The van der Waals surface area contributed by atoms with Crippen LogP contribution in [0.2, 0.25) is 0 Å². The van der Waals surface area contributed by atoms with E-state index >= 15 is 0 Å². The molecule has 1 heterocycles. The minimum absolute atomic E-state index is 0.521. The van der Waals surface area contributed by atoms with Crippen molar-refractivity contribution in [3.8, 4) is 11.3 Å². The summed E-state index contributed by atoms with van der Waals surface area (Å²) in [7, 11) is 1.90. The zero-order chi connectivity index (χ0) is 13.3. The fourth-order valence-corrected chi connectivity index (χ4v) is 3.20. The highest BCUT2D eigenvalue weighted by molar-refractivity contribution is 9.10. The molecule has 0 aliphatic rings. The second-order valence-corrected chi connectivity index (χ2v) is 6.81. The fraction of sp³-hybridized carbons (Fsp3) is 0.308. The van der Waals surface area contributed by atoms with Crippen molar-refractivity contribution in [2.24, 2.45) is 7.05 Å². The van der Waals surface area contributed by atoms with Crippen LogP contribution in [-0.4, -0.2) is 15.0 Å². The molecule has 0 aliphatic heterocycles. The number of benzene rings is 1. The first-order chi connectivity index (χ1) is 8.49. The van der Waals surface area contributed by atoms with Crippen LogP contribution in [-0.2, 0) is 7.05 Å². The van der Waals surface area contributed by atoms with Gasteiger partial charge < -0.3 is 5.73 Å². The van der Waals surface area contributed by atoms with Gasteiger partial charge in [0.2, 0.25) is 0 Å². The summed E-state index contributed by atoms with van der Waals surface area (Å²) in [6, 6.07) is 8.48. The molecular weight excluding hydrogens is 310 g/mol. The summed E-state index contributed by atoms with van der Waals surface area (Å²) in [6.45, 7) is 4.38. The molecule has 2 N–H and O–H groups in total. The number of aryl methyl sites for hydroxylation is 1. The van der Waals surface area contributed by atoms with Gasteiger partial charge >= 0.3 is 0 Å². The molecule has 5 heteroatoms. The van der Waals surface area contributed by atoms with Gasteiger partial charge in [-0.05, 0) is 28.1 Å². The molecule has 0 spiro atoms. The molecule has 2 aromatic rings. The number of nitrogens with zero attached hydrogens (tertiary/aromatic N) is 2. The molecule has 0 bridgehead atoms. The average molecular weight is 326 g/mol. The Labute approximate surface area is 120 Å². The summed E-state index contributed by atoms with van der Waals surface area (Å²) in [5.41, 5.74) is 7.91. The van der Waals surface area contributed by atoms with E-state index < -0.39 is 0 Å². The van der Waals surface area contributed by atoms with E-state index in [2.05, 4.69) is 59.1 Å². The molecule has 18 heavy (non-hydrogen) atoms. The zero-order valence-corrected chi connectivity index (χ0v) is 13.0. The second-order valence-electron chi connectivity index (χ2n) is 4.36. The van der Waals surface area contributed by atoms with Crippen LogP contribution in [0.1, 0.15) is 13.8 Å². The lowest BCUT2D eigenvalue weighted by molar-refractivity contribution is 0.780. The van der Waals surface area contributed by atoms with Gasteiger partial charge in [0.15, 0.2) is 5.82 Å². The molecule has 2 rings (SSSR count). The Morgan fingerprint density at radius 1 is 1.28 bits per heavy atom. The highest BCUT2D eigenvalue weighted by Gasteiger charge is 2.13. The van der Waals surface area contributed by atoms with E-state index in [1.165, 1.54) is 4.90 Å². The van der Waals surface area contributed by atoms with E-state index in [9.17, 15) is 0 Å². The van der Waals surface area contributed by atoms with Gasteiger partial charge in [-0.2, -0.15) is 5.10 Å². The largest absolute Gasteiger partial charge is 0.381 e. The molecule has 0 aliphatic carbocycles. The molecule has 3 nitrogen and oxygen atoms in total. The molecule has 0 saturated carbocycles. The summed E-state index contributed by atoms with van der Waals surface area (Å²) >= 11 is 5.34. The molecule has 0 fully saturated rings. The van der Waals surface area contributed by atoms with Crippen LogP contribution in [0.3, 0.4) is 0 Å². The SMILES string of the molecule is CC(C)Sc1ccc(-c2c(Br)c(N)nn2C)cc1. The minimum Gasteiger partial charge on any atom is -0.381 e. The maximum atomic E-state index is 5.79. The first kappa shape index (κ1) is 13.5. The molecule has 0 saturated heterocycles. The van der Waals surface area contributed by atoms with Crippen molar-refractivity contribution in [1.29, 1.82) is 0 Å². The van der Waals surface area contributed by atoms with Crippen LogP contribution < -0.4 is 5.73 Å². The number of aromatic nitrogens is 2. The summed E-state index contributed by atoms with van der Waals surface area (Å²) in [5.74, 6) is 0.521. The first-order valence-corrected chi connectivity index (χ1v) is 7.41. The molecule has 1 aromatic heterocycles. The lowest BCUT2D eigenvalue weighted by Gasteiger charge is -2.07. The smallest absolute Gasteiger partial charge is 0.160 e. The van der Waals surface area contributed by atoms with Crippen LogP contribution >= 0.6 is 27.7 Å². The molecule has 96 valence electrons. The Morgan fingerprint density at radius 2 is 1.89 bits per heavy atom. The Hall–Kier alpha value is -0.940. The van der Waals surface area contributed by atoms with E-state index in [-0.39, 0.29) is 0 Å². The number of thioether (sulfide) groups is 1. The molecular formula is C13H16BrN3S. The van der Waals surface area contributed by atoms with Crippen molar-refractivity contribution in [2.75, 3.05) is 5.73 Å².